The van der Waals surface area contributed by atoms with Crippen LogP contribution in [0.3, 0.4) is 0 Å². The van der Waals surface area contributed by atoms with Gasteiger partial charge in [0.1, 0.15) is 0 Å². The predicted octanol–water partition coefficient (Wildman–Crippen LogP) is 7.82. The highest BCUT2D eigenvalue weighted by Crippen LogP contribution is 2.14. The van der Waals surface area contributed by atoms with Crippen LogP contribution in [0.5, 0.6) is 0 Å². The first-order valence-electron chi connectivity index (χ1n) is 11.7. The Balaban J connectivity index is 1.68. The van der Waals surface area contributed by atoms with E-state index in [0.717, 1.165) is 6.54 Å². The maximum atomic E-state index is 5.51. The number of hydrogen-bond acceptors (Lipinski definition) is 1. The number of rotatable bonds is 19. The lowest BCUT2D eigenvalue weighted by atomic mass is 10.0. The van der Waals surface area contributed by atoms with Crippen LogP contribution in [0.2, 0.25) is 0 Å². The van der Waals surface area contributed by atoms with Crippen molar-refractivity contribution in [3.63, 3.8) is 0 Å². The molecule has 150 valence electrons. The maximum Gasteiger partial charge on any atom is -0.00773 e. The lowest BCUT2D eigenvalue weighted by Gasteiger charge is -2.04. The summed E-state index contributed by atoms with van der Waals surface area (Å²) in [5.41, 5.74) is 7.01. The first-order valence-corrected chi connectivity index (χ1v) is 11.7. The molecule has 0 saturated heterocycles. The van der Waals surface area contributed by atoms with Crippen LogP contribution < -0.4 is 5.73 Å². The van der Waals surface area contributed by atoms with Crippen molar-refractivity contribution in [3.05, 3.63) is 35.9 Å². The van der Waals surface area contributed by atoms with Crippen molar-refractivity contribution in [1.82, 2.24) is 0 Å². The molecule has 0 heterocycles. The Labute approximate surface area is 164 Å². The average molecular weight is 360 g/mol. The van der Waals surface area contributed by atoms with Gasteiger partial charge in [0.25, 0.3) is 0 Å². The molecule has 0 atom stereocenters. The molecule has 0 spiro atoms. The van der Waals surface area contributed by atoms with Gasteiger partial charge in [-0.1, -0.05) is 127 Å². The second-order valence-electron chi connectivity index (χ2n) is 8.03. The molecule has 0 aliphatic heterocycles. The highest BCUT2D eigenvalue weighted by Gasteiger charge is 1.96. The van der Waals surface area contributed by atoms with Crippen molar-refractivity contribution in [2.75, 3.05) is 6.54 Å². The third kappa shape index (κ3) is 15.4. The van der Waals surface area contributed by atoms with Crippen LogP contribution in [0, 0.1) is 0 Å². The van der Waals surface area contributed by atoms with E-state index >= 15 is 0 Å². The summed E-state index contributed by atoms with van der Waals surface area (Å²) in [4.78, 5) is 0. The monoisotopic (exact) mass is 359 g/mol. The van der Waals surface area contributed by atoms with Gasteiger partial charge < -0.3 is 5.73 Å². The van der Waals surface area contributed by atoms with E-state index in [4.69, 9.17) is 5.73 Å². The van der Waals surface area contributed by atoms with Crippen molar-refractivity contribution in [2.24, 2.45) is 5.73 Å². The summed E-state index contributed by atoms with van der Waals surface area (Å²) in [5.74, 6) is 0. The molecule has 0 radical (unpaired) electrons. The summed E-state index contributed by atoms with van der Waals surface area (Å²) < 4.78 is 0. The molecular weight excluding hydrogens is 314 g/mol. The van der Waals surface area contributed by atoms with Crippen LogP contribution in [0.25, 0.3) is 0 Å². The van der Waals surface area contributed by atoms with Crippen LogP contribution in [0.15, 0.2) is 30.3 Å². The molecule has 0 aliphatic carbocycles. The highest BCUT2D eigenvalue weighted by molar-refractivity contribution is 5.14. The van der Waals surface area contributed by atoms with Gasteiger partial charge >= 0.3 is 0 Å². The second kappa shape index (κ2) is 19.0. The van der Waals surface area contributed by atoms with Gasteiger partial charge in [-0.2, -0.15) is 0 Å². The molecule has 0 aromatic heterocycles. The number of hydrogen-bond donors (Lipinski definition) is 1. The van der Waals surface area contributed by atoms with Gasteiger partial charge in [-0.3, -0.25) is 0 Å². The topological polar surface area (TPSA) is 26.0 Å². The Kier molecular flexibility index (Phi) is 16.9. The molecule has 1 heteroatoms. The number of aryl methyl sites for hydroxylation is 1. The largest absolute Gasteiger partial charge is 0.330 e. The molecule has 26 heavy (non-hydrogen) atoms. The summed E-state index contributed by atoms with van der Waals surface area (Å²) in [6.45, 7) is 0.869. The third-order valence-corrected chi connectivity index (χ3v) is 5.51. The standard InChI is InChI=1S/C25H45N/c26-24-20-15-13-11-9-7-5-3-1-2-4-6-8-10-12-14-17-21-25-22-18-16-19-23-25/h16,18-19,22-23H,1-15,17,20-21,24,26H2. The van der Waals surface area contributed by atoms with Crippen molar-refractivity contribution in [3.8, 4) is 0 Å². The fourth-order valence-electron chi connectivity index (χ4n) is 3.77. The first-order chi connectivity index (χ1) is 12.9. The van der Waals surface area contributed by atoms with E-state index < -0.39 is 0 Å². The highest BCUT2D eigenvalue weighted by atomic mass is 14.5. The van der Waals surface area contributed by atoms with E-state index in [1.807, 2.05) is 0 Å². The summed E-state index contributed by atoms with van der Waals surface area (Å²) in [5, 5.41) is 0. The predicted molar refractivity (Wildman–Crippen MR) is 118 cm³/mol. The SMILES string of the molecule is NCCCCCCCCCCCCCCCCCCCc1ccccc1. The Hall–Kier alpha value is -0.820. The zero-order valence-corrected chi connectivity index (χ0v) is 17.4. The molecule has 0 unspecified atom stereocenters. The molecule has 1 rings (SSSR count). The summed E-state index contributed by atoms with van der Waals surface area (Å²) in [6, 6.07) is 10.9. The van der Waals surface area contributed by atoms with Crippen LogP contribution in [0.1, 0.15) is 115 Å². The van der Waals surface area contributed by atoms with E-state index in [1.165, 1.54) is 121 Å². The number of benzene rings is 1. The molecule has 2 N–H and O–H groups in total. The fourth-order valence-corrected chi connectivity index (χ4v) is 3.77. The van der Waals surface area contributed by atoms with Gasteiger partial charge in [0, 0.05) is 0 Å². The Morgan fingerprint density at radius 2 is 0.769 bits per heavy atom. The molecule has 0 saturated carbocycles. The zero-order chi connectivity index (χ0) is 18.5. The molecule has 0 bridgehead atoms. The molecular formula is C25H45N. The van der Waals surface area contributed by atoms with Gasteiger partial charge in [-0.25, -0.2) is 0 Å². The van der Waals surface area contributed by atoms with E-state index in [-0.39, 0.29) is 0 Å². The molecule has 0 amide bonds. The lowest BCUT2D eigenvalue weighted by Crippen LogP contribution is -1.97. The van der Waals surface area contributed by atoms with E-state index in [0.29, 0.717) is 0 Å². The minimum absolute atomic E-state index is 0.869. The normalized spacial score (nSPS) is 11.1. The van der Waals surface area contributed by atoms with E-state index in [2.05, 4.69) is 30.3 Å². The minimum Gasteiger partial charge on any atom is -0.330 e. The first kappa shape index (κ1) is 23.2. The molecule has 0 aliphatic rings. The average Bonchev–Trinajstić information content (AvgIpc) is 2.68. The van der Waals surface area contributed by atoms with Gasteiger partial charge in [0.05, 0.1) is 0 Å². The third-order valence-electron chi connectivity index (χ3n) is 5.51. The van der Waals surface area contributed by atoms with E-state index in [9.17, 15) is 0 Å². The maximum absolute atomic E-state index is 5.51. The summed E-state index contributed by atoms with van der Waals surface area (Å²) in [7, 11) is 0. The van der Waals surface area contributed by atoms with Crippen molar-refractivity contribution >= 4 is 0 Å². The van der Waals surface area contributed by atoms with Gasteiger partial charge in [0.2, 0.25) is 0 Å². The Morgan fingerprint density at radius 3 is 1.15 bits per heavy atom. The van der Waals surface area contributed by atoms with Crippen LogP contribution in [-0.4, -0.2) is 6.54 Å². The lowest BCUT2D eigenvalue weighted by molar-refractivity contribution is 0.526. The van der Waals surface area contributed by atoms with Crippen LogP contribution in [-0.2, 0) is 6.42 Å². The van der Waals surface area contributed by atoms with Crippen LogP contribution in [0.4, 0.5) is 0 Å². The fraction of sp³-hybridized carbons (Fsp3) is 0.760. The molecule has 1 nitrogen and oxygen atoms in total. The molecule has 1 aromatic rings. The van der Waals surface area contributed by atoms with Crippen molar-refractivity contribution < 1.29 is 0 Å². The zero-order valence-electron chi connectivity index (χ0n) is 17.4. The minimum atomic E-state index is 0.869. The van der Waals surface area contributed by atoms with Gasteiger partial charge in [-0.15, -0.1) is 0 Å². The molecule has 0 fully saturated rings. The quantitative estimate of drug-likeness (QED) is 0.250. The summed E-state index contributed by atoms with van der Waals surface area (Å²) >= 11 is 0. The van der Waals surface area contributed by atoms with Crippen molar-refractivity contribution in [1.29, 1.82) is 0 Å². The van der Waals surface area contributed by atoms with E-state index in [1.54, 1.807) is 0 Å². The Bertz CT molecular complexity index is 373. The molecule has 1 aromatic carbocycles. The number of nitrogens with two attached hydrogens (primary N) is 1. The number of unbranched alkanes of at least 4 members (excludes halogenated alkanes) is 16. The van der Waals surface area contributed by atoms with Gasteiger partial charge in [0.15, 0.2) is 0 Å². The summed E-state index contributed by atoms with van der Waals surface area (Å²) in [6.07, 6.45) is 25.4. The van der Waals surface area contributed by atoms with Crippen LogP contribution >= 0.6 is 0 Å². The Morgan fingerprint density at radius 1 is 0.423 bits per heavy atom. The van der Waals surface area contributed by atoms with Gasteiger partial charge in [-0.05, 0) is 31.4 Å². The van der Waals surface area contributed by atoms with Crippen molar-refractivity contribution in [2.45, 2.75) is 116 Å². The smallest absolute Gasteiger partial charge is 0.00773 e. The second-order valence-corrected chi connectivity index (χ2v) is 8.03.